The van der Waals surface area contributed by atoms with E-state index in [4.69, 9.17) is 16.3 Å². The van der Waals surface area contributed by atoms with Gasteiger partial charge in [-0.3, -0.25) is 9.59 Å². The number of rotatable bonds is 4. The van der Waals surface area contributed by atoms with Crippen molar-refractivity contribution in [1.29, 1.82) is 0 Å². The molecule has 2 atom stereocenters. The first-order valence-electron chi connectivity index (χ1n) is 8.57. The molecule has 1 aromatic rings. The van der Waals surface area contributed by atoms with Crippen molar-refractivity contribution in [2.75, 3.05) is 26.2 Å². The van der Waals surface area contributed by atoms with E-state index in [9.17, 15) is 9.59 Å². The van der Waals surface area contributed by atoms with Gasteiger partial charge >= 0.3 is 0 Å². The lowest BCUT2D eigenvalue weighted by molar-refractivity contribution is -0.126. The summed E-state index contributed by atoms with van der Waals surface area (Å²) < 4.78 is 5.53. The Morgan fingerprint density at radius 2 is 2.00 bits per heavy atom. The Morgan fingerprint density at radius 1 is 1.21 bits per heavy atom. The molecule has 6 heteroatoms. The van der Waals surface area contributed by atoms with E-state index >= 15 is 0 Å². The molecule has 2 fully saturated rings. The molecule has 1 N–H and O–H groups in total. The molecular formula is C18H23ClN2O3. The number of amides is 2. The van der Waals surface area contributed by atoms with Gasteiger partial charge in [0.25, 0.3) is 5.91 Å². The zero-order chi connectivity index (χ0) is 16.9. The minimum atomic E-state index is -0.142. The Morgan fingerprint density at radius 3 is 2.71 bits per heavy atom. The molecule has 2 aliphatic rings. The number of nitrogens with one attached hydrogen (secondary N) is 1. The average Bonchev–Trinajstić information content (AvgIpc) is 3.13. The summed E-state index contributed by atoms with van der Waals surface area (Å²) in [5.74, 6) is -0.154. The first-order chi connectivity index (χ1) is 11.6. The van der Waals surface area contributed by atoms with E-state index < -0.39 is 0 Å². The van der Waals surface area contributed by atoms with Crippen molar-refractivity contribution in [1.82, 2.24) is 10.2 Å². The lowest BCUT2D eigenvalue weighted by Gasteiger charge is -2.32. The summed E-state index contributed by atoms with van der Waals surface area (Å²) in [6.45, 7) is 2.52. The average molecular weight is 351 g/mol. The molecule has 130 valence electrons. The van der Waals surface area contributed by atoms with Crippen molar-refractivity contribution >= 4 is 23.4 Å². The Kier molecular flexibility index (Phi) is 5.74. The molecule has 24 heavy (non-hydrogen) atoms. The van der Waals surface area contributed by atoms with E-state index in [1.807, 2.05) is 0 Å². The normalized spacial score (nSPS) is 24.0. The number of hydrogen-bond acceptors (Lipinski definition) is 3. The van der Waals surface area contributed by atoms with Gasteiger partial charge in [-0.2, -0.15) is 0 Å². The number of hydrogen-bond donors (Lipinski definition) is 1. The molecule has 0 aliphatic carbocycles. The van der Waals surface area contributed by atoms with Gasteiger partial charge < -0.3 is 15.0 Å². The summed E-state index contributed by atoms with van der Waals surface area (Å²) in [6.07, 6.45) is 3.88. The summed E-state index contributed by atoms with van der Waals surface area (Å²) in [7, 11) is 0. The van der Waals surface area contributed by atoms with Crippen molar-refractivity contribution in [2.24, 2.45) is 5.92 Å². The molecule has 2 aliphatic heterocycles. The molecule has 2 heterocycles. The molecule has 2 saturated heterocycles. The van der Waals surface area contributed by atoms with Gasteiger partial charge in [-0.1, -0.05) is 11.6 Å². The van der Waals surface area contributed by atoms with Gasteiger partial charge in [-0.25, -0.2) is 0 Å². The molecule has 0 aromatic heterocycles. The van der Waals surface area contributed by atoms with Gasteiger partial charge in [-0.05, 0) is 49.9 Å². The zero-order valence-corrected chi connectivity index (χ0v) is 14.4. The maximum absolute atomic E-state index is 12.6. The highest BCUT2D eigenvalue weighted by atomic mass is 35.5. The third-order valence-corrected chi connectivity index (χ3v) is 4.95. The Labute approximate surface area is 147 Å². The van der Waals surface area contributed by atoms with Crippen molar-refractivity contribution in [3.63, 3.8) is 0 Å². The van der Waals surface area contributed by atoms with Crippen LogP contribution in [0.3, 0.4) is 0 Å². The molecule has 0 radical (unpaired) electrons. The molecule has 2 amide bonds. The highest BCUT2D eigenvalue weighted by Crippen LogP contribution is 2.20. The summed E-state index contributed by atoms with van der Waals surface area (Å²) in [5, 5.41) is 3.59. The second-order valence-electron chi connectivity index (χ2n) is 6.48. The van der Waals surface area contributed by atoms with E-state index in [1.165, 1.54) is 0 Å². The third kappa shape index (κ3) is 4.28. The molecule has 5 nitrogen and oxygen atoms in total. The van der Waals surface area contributed by atoms with Crippen LogP contribution in [-0.4, -0.2) is 49.1 Å². The summed E-state index contributed by atoms with van der Waals surface area (Å²) in [4.78, 5) is 26.7. The maximum Gasteiger partial charge on any atom is 0.253 e. The Hall–Kier alpha value is -1.59. The minimum absolute atomic E-state index is 0.0270. The van der Waals surface area contributed by atoms with Crippen molar-refractivity contribution in [3.8, 4) is 0 Å². The van der Waals surface area contributed by atoms with Crippen molar-refractivity contribution in [3.05, 3.63) is 34.9 Å². The highest BCUT2D eigenvalue weighted by Gasteiger charge is 2.29. The standard InChI is InChI=1S/C18H23ClN2O3/c19-15-7-5-13(6-8-15)18(23)21-9-1-3-14(12-21)17(22)20-11-16-4-2-10-24-16/h5-8,14,16H,1-4,9-12H2,(H,20,22)/t14-,16-/m1/s1. The number of halogens is 1. The number of ether oxygens (including phenoxy) is 1. The first-order valence-corrected chi connectivity index (χ1v) is 8.95. The van der Waals surface area contributed by atoms with Crippen LogP contribution in [0.25, 0.3) is 0 Å². The summed E-state index contributed by atoms with van der Waals surface area (Å²) in [6, 6.07) is 6.88. The van der Waals surface area contributed by atoms with Crippen LogP contribution in [0.5, 0.6) is 0 Å². The van der Waals surface area contributed by atoms with Gasteiger partial charge in [0.1, 0.15) is 0 Å². The molecule has 0 bridgehead atoms. The molecule has 3 rings (SSSR count). The van der Waals surface area contributed by atoms with E-state index in [2.05, 4.69) is 5.32 Å². The van der Waals surface area contributed by atoms with E-state index in [0.717, 1.165) is 32.3 Å². The maximum atomic E-state index is 12.6. The number of nitrogens with zero attached hydrogens (tertiary/aromatic N) is 1. The lowest BCUT2D eigenvalue weighted by Crippen LogP contribution is -2.46. The van der Waals surface area contributed by atoms with Gasteiger partial charge in [0.05, 0.1) is 12.0 Å². The van der Waals surface area contributed by atoms with Crippen molar-refractivity contribution in [2.45, 2.75) is 31.8 Å². The SMILES string of the molecule is O=C(NC[C@H]1CCCO1)[C@@H]1CCCN(C(=O)c2ccc(Cl)cc2)C1. The second-order valence-corrected chi connectivity index (χ2v) is 6.91. The summed E-state index contributed by atoms with van der Waals surface area (Å²) in [5.41, 5.74) is 0.611. The molecule has 0 spiro atoms. The van der Waals surface area contributed by atoms with Crippen LogP contribution in [0.15, 0.2) is 24.3 Å². The zero-order valence-electron chi connectivity index (χ0n) is 13.7. The van der Waals surface area contributed by atoms with E-state index in [1.54, 1.807) is 29.2 Å². The molecule has 0 unspecified atom stereocenters. The third-order valence-electron chi connectivity index (χ3n) is 4.70. The summed E-state index contributed by atoms with van der Waals surface area (Å²) >= 11 is 5.87. The number of carbonyl (C=O) groups is 2. The topological polar surface area (TPSA) is 58.6 Å². The molecule has 1 aromatic carbocycles. The van der Waals surface area contributed by atoms with Gasteiger partial charge in [0.15, 0.2) is 0 Å². The van der Waals surface area contributed by atoms with Crippen LogP contribution in [0.4, 0.5) is 0 Å². The number of piperidine rings is 1. The largest absolute Gasteiger partial charge is 0.376 e. The van der Waals surface area contributed by atoms with Crippen LogP contribution in [0.1, 0.15) is 36.0 Å². The monoisotopic (exact) mass is 350 g/mol. The number of benzene rings is 1. The second kappa shape index (κ2) is 7.99. The Bertz CT molecular complexity index is 584. The van der Waals surface area contributed by atoms with Crippen LogP contribution in [0, 0.1) is 5.92 Å². The van der Waals surface area contributed by atoms with Gasteiger partial charge in [0.2, 0.25) is 5.91 Å². The number of likely N-dealkylation sites (tertiary alicyclic amines) is 1. The van der Waals surface area contributed by atoms with Crippen LogP contribution < -0.4 is 5.32 Å². The predicted molar refractivity (Wildman–Crippen MR) is 92.1 cm³/mol. The van der Waals surface area contributed by atoms with Gasteiger partial charge in [-0.15, -0.1) is 0 Å². The Balaban J connectivity index is 1.54. The first kappa shape index (κ1) is 17.2. The highest BCUT2D eigenvalue weighted by molar-refractivity contribution is 6.30. The van der Waals surface area contributed by atoms with Crippen LogP contribution in [-0.2, 0) is 9.53 Å². The fraction of sp³-hybridized carbons (Fsp3) is 0.556. The number of carbonyl (C=O) groups excluding carboxylic acids is 2. The quantitative estimate of drug-likeness (QED) is 0.907. The van der Waals surface area contributed by atoms with Gasteiger partial charge in [0, 0.05) is 36.8 Å². The molecule has 0 saturated carbocycles. The van der Waals surface area contributed by atoms with Crippen molar-refractivity contribution < 1.29 is 14.3 Å². The molecular weight excluding hydrogens is 328 g/mol. The van der Waals surface area contributed by atoms with Crippen LogP contribution in [0.2, 0.25) is 5.02 Å². The fourth-order valence-corrected chi connectivity index (χ4v) is 3.44. The van der Waals surface area contributed by atoms with E-state index in [0.29, 0.717) is 30.2 Å². The lowest BCUT2D eigenvalue weighted by atomic mass is 9.96. The smallest absolute Gasteiger partial charge is 0.253 e. The van der Waals surface area contributed by atoms with Crippen LogP contribution >= 0.6 is 11.6 Å². The predicted octanol–water partition coefficient (Wildman–Crippen LogP) is 2.49. The minimum Gasteiger partial charge on any atom is -0.376 e. The fourth-order valence-electron chi connectivity index (χ4n) is 3.31. The van der Waals surface area contributed by atoms with E-state index in [-0.39, 0.29) is 23.8 Å².